The van der Waals surface area contributed by atoms with E-state index < -0.39 is 6.10 Å². The average molecular weight is 863 g/mol. The maximum atomic E-state index is 12.7. The van der Waals surface area contributed by atoms with Crippen LogP contribution in [0.1, 0.15) is 316 Å². The molecule has 0 aromatic heterocycles. The Morgan fingerprint density at radius 2 is 0.443 bits per heavy atom. The molecule has 0 spiro atoms. The van der Waals surface area contributed by atoms with Crippen LogP contribution in [0.3, 0.4) is 0 Å². The minimum absolute atomic E-state index is 0.0624. The summed E-state index contributed by atoms with van der Waals surface area (Å²) in [6, 6.07) is 0. The van der Waals surface area contributed by atoms with Crippen LogP contribution in [-0.4, -0.2) is 37.2 Å². The molecule has 0 fully saturated rings. The highest BCUT2D eigenvalue weighted by Gasteiger charge is 2.19. The van der Waals surface area contributed by atoms with Crippen molar-refractivity contribution in [3.05, 3.63) is 0 Å². The highest BCUT2D eigenvalue weighted by Crippen LogP contribution is 2.17. The summed E-state index contributed by atoms with van der Waals surface area (Å²) < 4.78 is 16.7. The molecule has 0 aromatic carbocycles. The van der Waals surface area contributed by atoms with E-state index in [4.69, 9.17) is 14.2 Å². The molecule has 1 unspecified atom stereocenters. The number of unbranched alkanes of at least 4 members (excludes halogenated alkanes) is 40. The molecule has 0 radical (unpaired) electrons. The van der Waals surface area contributed by atoms with Gasteiger partial charge < -0.3 is 14.2 Å². The fourth-order valence-corrected chi connectivity index (χ4v) is 8.45. The van der Waals surface area contributed by atoms with E-state index in [0.29, 0.717) is 19.3 Å². The fourth-order valence-electron chi connectivity index (χ4n) is 8.45. The van der Waals surface area contributed by atoms with Gasteiger partial charge in [0.2, 0.25) is 0 Å². The Hall–Kier alpha value is -1.59. The van der Waals surface area contributed by atoms with Gasteiger partial charge in [0.15, 0.2) is 6.10 Å². The van der Waals surface area contributed by atoms with E-state index in [1.165, 1.54) is 218 Å². The van der Waals surface area contributed by atoms with Crippen LogP contribution in [0.5, 0.6) is 0 Å². The van der Waals surface area contributed by atoms with Crippen molar-refractivity contribution >= 4 is 17.9 Å². The molecule has 0 amide bonds. The molecular weight excluding hydrogens is 757 g/mol. The van der Waals surface area contributed by atoms with E-state index >= 15 is 0 Å². The van der Waals surface area contributed by atoms with Gasteiger partial charge in [-0.3, -0.25) is 14.4 Å². The first-order chi connectivity index (χ1) is 30.0. The number of hydrogen-bond donors (Lipinski definition) is 0. The number of carbonyl (C=O) groups is 3. The molecule has 0 aliphatic rings. The van der Waals surface area contributed by atoms with Gasteiger partial charge in [-0.05, 0) is 19.3 Å². The fraction of sp³-hybridized carbons (Fsp3) is 0.945. The molecule has 362 valence electrons. The SMILES string of the molecule is CCCCCCCCCCCCCCCCCCCCCCCCCCC(=O)OCC(COC(=O)CCCCCCCCC)OC(=O)CCCCCCCCCCCCCC. The lowest BCUT2D eigenvalue weighted by atomic mass is 10.0. The third-order valence-corrected chi connectivity index (χ3v) is 12.6. The van der Waals surface area contributed by atoms with Gasteiger partial charge in [0, 0.05) is 19.3 Å². The van der Waals surface area contributed by atoms with E-state index in [1.54, 1.807) is 0 Å². The van der Waals surface area contributed by atoms with Crippen molar-refractivity contribution in [1.29, 1.82) is 0 Å². The Bertz CT molecular complexity index is 905. The Kier molecular flexibility index (Phi) is 49.7. The van der Waals surface area contributed by atoms with Gasteiger partial charge in [0.1, 0.15) is 13.2 Å². The third kappa shape index (κ3) is 49.3. The van der Waals surface area contributed by atoms with Crippen LogP contribution in [0.15, 0.2) is 0 Å². The zero-order valence-electron chi connectivity index (χ0n) is 41.5. The topological polar surface area (TPSA) is 78.9 Å². The Labute approximate surface area is 380 Å². The van der Waals surface area contributed by atoms with Crippen LogP contribution < -0.4 is 0 Å². The van der Waals surface area contributed by atoms with E-state index in [2.05, 4.69) is 20.8 Å². The second-order valence-electron chi connectivity index (χ2n) is 18.9. The standard InChI is InChI=1S/C55H106O6/c1-4-7-10-13-16-18-20-22-23-24-25-26-27-28-29-30-31-32-33-35-36-39-42-45-48-54(57)60-51-52(50-59-53(56)47-44-41-38-15-12-9-6-3)61-55(58)49-46-43-40-37-34-21-19-17-14-11-8-5-2/h52H,4-51H2,1-3H3. The average Bonchev–Trinajstić information content (AvgIpc) is 3.26. The van der Waals surface area contributed by atoms with Gasteiger partial charge in [-0.2, -0.15) is 0 Å². The van der Waals surface area contributed by atoms with Crippen molar-refractivity contribution in [2.75, 3.05) is 13.2 Å². The summed E-state index contributed by atoms with van der Waals surface area (Å²) in [5, 5.41) is 0. The summed E-state index contributed by atoms with van der Waals surface area (Å²) in [6.45, 7) is 6.64. The summed E-state index contributed by atoms with van der Waals surface area (Å²) in [6.07, 6.45) is 55.5. The van der Waals surface area contributed by atoms with Gasteiger partial charge in [0.25, 0.3) is 0 Å². The molecule has 61 heavy (non-hydrogen) atoms. The maximum absolute atomic E-state index is 12.7. The normalized spacial score (nSPS) is 11.9. The molecule has 0 N–H and O–H groups in total. The number of ether oxygens (including phenoxy) is 3. The second-order valence-corrected chi connectivity index (χ2v) is 18.9. The summed E-state index contributed by atoms with van der Waals surface area (Å²) in [4.78, 5) is 37.8. The lowest BCUT2D eigenvalue weighted by Gasteiger charge is -2.18. The molecule has 0 bridgehead atoms. The molecule has 0 rings (SSSR count). The van der Waals surface area contributed by atoms with Crippen LogP contribution in [0.2, 0.25) is 0 Å². The van der Waals surface area contributed by atoms with Gasteiger partial charge in [-0.15, -0.1) is 0 Å². The van der Waals surface area contributed by atoms with E-state index in [9.17, 15) is 14.4 Å². The minimum atomic E-state index is -0.758. The summed E-state index contributed by atoms with van der Waals surface area (Å²) in [5.74, 6) is -0.849. The number of hydrogen-bond acceptors (Lipinski definition) is 6. The van der Waals surface area contributed by atoms with E-state index in [0.717, 1.165) is 57.8 Å². The summed E-state index contributed by atoms with van der Waals surface area (Å²) in [7, 11) is 0. The Morgan fingerprint density at radius 1 is 0.262 bits per heavy atom. The monoisotopic (exact) mass is 863 g/mol. The third-order valence-electron chi connectivity index (χ3n) is 12.6. The van der Waals surface area contributed by atoms with Crippen LogP contribution >= 0.6 is 0 Å². The largest absolute Gasteiger partial charge is 0.462 e. The van der Waals surface area contributed by atoms with Crippen molar-refractivity contribution in [1.82, 2.24) is 0 Å². The van der Waals surface area contributed by atoms with Gasteiger partial charge in [0.05, 0.1) is 0 Å². The van der Waals surface area contributed by atoms with Crippen LogP contribution in [0, 0.1) is 0 Å². The molecule has 0 heterocycles. The van der Waals surface area contributed by atoms with Crippen molar-refractivity contribution in [2.24, 2.45) is 0 Å². The lowest BCUT2D eigenvalue weighted by molar-refractivity contribution is -0.167. The van der Waals surface area contributed by atoms with Gasteiger partial charge in [-0.25, -0.2) is 0 Å². The molecular formula is C55H106O6. The Balaban J connectivity index is 4.04. The van der Waals surface area contributed by atoms with Crippen molar-refractivity contribution in [3.63, 3.8) is 0 Å². The molecule has 0 aromatic rings. The van der Waals surface area contributed by atoms with E-state index in [1.807, 2.05) is 0 Å². The predicted octanol–water partition coefficient (Wildman–Crippen LogP) is 18.0. The van der Waals surface area contributed by atoms with Gasteiger partial charge >= 0.3 is 17.9 Å². The molecule has 1 atom stereocenters. The smallest absolute Gasteiger partial charge is 0.306 e. The Morgan fingerprint density at radius 3 is 0.656 bits per heavy atom. The highest BCUT2D eigenvalue weighted by molar-refractivity contribution is 5.71. The van der Waals surface area contributed by atoms with E-state index in [-0.39, 0.29) is 31.1 Å². The zero-order chi connectivity index (χ0) is 44.4. The predicted molar refractivity (Wildman–Crippen MR) is 261 cm³/mol. The molecule has 0 aliphatic heterocycles. The van der Waals surface area contributed by atoms with Crippen LogP contribution in [0.25, 0.3) is 0 Å². The summed E-state index contributed by atoms with van der Waals surface area (Å²) >= 11 is 0. The molecule has 0 saturated carbocycles. The minimum Gasteiger partial charge on any atom is -0.462 e. The van der Waals surface area contributed by atoms with Gasteiger partial charge in [-0.1, -0.05) is 278 Å². The number of carbonyl (C=O) groups excluding carboxylic acids is 3. The quantitative estimate of drug-likeness (QED) is 0.0344. The lowest BCUT2D eigenvalue weighted by Crippen LogP contribution is -2.30. The van der Waals surface area contributed by atoms with Crippen LogP contribution in [0.4, 0.5) is 0 Å². The van der Waals surface area contributed by atoms with Crippen molar-refractivity contribution in [3.8, 4) is 0 Å². The first-order valence-corrected chi connectivity index (χ1v) is 27.5. The second kappa shape index (κ2) is 51.0. The first-order valence-electron chi connectivity index (χ1n) is 27.5. The van der Waals surface area contributed by atoms with Crippen molar-refractivity contribution < 1.29 is 28.6 Å². The first kappa shape index (κ1) is 59.4. The maximum Gasteiger partial charge on any atom is 0.306 e. The van der Waals surface area contributed by atoms with Crippen LogP contribution in [-0.2, 0) is 28.6 Å². The molecule has 0 saturated heterocycles. The summed E-state index contributed by atoms with van der Waals surface area (Å²) in [5.41, 5.74) is 0. The van der Waals surface area contributed by atoms with Crippen molar-refractivity contribution in [2.45, 2.75) is 322 Å². The number of rotatable bonds is 51. The molecule has 6 nitrogen and oxygen atoms in total. The molecule has 6 heteroatoms. The number of esters is 3. The molecule has 0 aliphatic carbocycles. The zero-order valence-corrected chi connectivity index (χ0v) is 41.5. The highest BCUT2D eigenvalue weighted by atomic mass is 16.6.